The van der Waals surface area contributed by atoms with Crippen LogP contribution in [0.15, 0.2) is 41.3 Å². The zero-order chi connectivity index (χ0) is 15.4. The molecule has 0 aliphatic carbocycles. The third-order valence-corrected chi connectivity index (χ3v) is 3.96. The molecule has 0 spiro atoms. The summed E-state index contributed by atoms with van der Waals surface area (Å²) in [5, 5.41) is 7.44. The summed E-state index contributed by atoms with van der Waals surface area (Å²) >= 11 is 1.26. The summed E-state index contributed by atoms with van der Waals surface area (Å²) in [6.45, 7) is 0. The number of nitrogen functional groups attached to an aromatic ring is 1. The second kappa shape index (κ2) is 6.58. The molecule has 0 aromatic heterocycles. The Hall–Kier alpha value is -2.08. The van der Waals surface area contributed by atoms with Gasteiger partial charge in [0.25, 0.3) is 0 Å². The number of hydrogen-bond donors (Lipinski definition) is 2. The van der Waals surface area contributed by atoms with Gasteiger partial charge in [-0.15, -0.1) is 11.8 Å². The summed E-state index contributed by atoms with van der Waals surface area (Å²) < 4.78 is 31.6. The van der Waals surface area contributed by atoms with Crippen LogP contribution in [0, 0.1) is 17.0 Å². The van der Waals surface area contributed by atoms with Crippen LogP contribution in [0.25, 0.3) is 0 Å². The topological polar surface area (TPSA) is 59.1 Å². The van der Waals surface area contributed by atoms with Crippen molar-refractivity contribution >= 4 is 17.6 Å². The van der Waals surface area contributed by atoms with Crippen LogP contribution in [0.4, 0.5) is 8.78 Å². The van der Waals surface area contributed by atoms with Gasteiger partial charge >= 0.3 is 0 Å². The predicted molar refractivity (Wildman–Crippen MR) is 79.9 cm³/mol. The Morgan fingerprint density at radius 1 is 1.24 bits per heavy atom. The zero-order valence-corrected chi connectivity index (χ0v) is 12.1. The normalized spacial score (nSPS) is 10.4. The Morgan fingerprint density at radius 3 is 2.62 bits per heavy atom. The lowest BCUT2D eigenvalue weighted by molar-refractivity contribution is 0.413. The molecule has 0 unspecified atom stereocenters. The first-order chi connectivity index (χ1) is 10.0. The van der Waals surface area contributed by atoms with Crippen LogP contribution < -0.4 is 10.5 Å². The van der Waals surface area contributed by atoms with E-state index in [9.17, 15) is 8.78 Å². The van der Waals surface area contributed by atoms with Gasteiger partial charge in [0.2, 0.25) is 0 Å². The van der Waals surface area contributed by atoms with E-state index in [0.29, 0.717) is 22.0 Å². The highest BCUT2D eigenvalue weighted by Gasteiger charge is 2.09. The Kier molecular flexibility index (Phi) is 4.80. The molecule has 110 valence electrons. The van der Waals surface area contributed by atoms with Crippen LogP contribution in [0.1, 0.15) is 11.1 Å². The maximum Gasteiger partial charge on any atom is 0.139 e. The van der Waals surface area contributed by atoms with E-state index in [1.54, 1.807) is 18.2 Å². The smallest absolute Gasteiger partial charge is 0.139 e. The minimum Gasteiger partial charge on any atom is -0.496 e. The van der Waals surface area contributed by atoms with Crippen molar-refractivity contribution in [2.45, 2.75) is 10.6 Å². The van der Waals surface area contributed by atoms with Crippen molar-refractivity contribution in [1.29, 1.82) is 5.41 Å². The van der Waals surface area contributed by atoms with Crippen molar-refractivity contribution in [1.82, 2.24) is 0 Å². The molecule has 0 saturated carbocycles. The van der Waals surface area contributed by atoms with Gasteiger partial charge in [0.05, 0.1) is 12.7 Å². The van der Waals surface area contributed by atoms with E-state index in [0.717, 1.165) is 11.6 Å². The molecule has 0 atom stereocenters. The molecular weight excluding hydrogens is 294 g/mol. The van der Waals surface area contributed by atoms with Crippen molar-refractivity contribution < 1.29 is 13.5 Å². The molecule has 21 heavy (non-hydrogen) atoms. The van der Waals surface area contributed by atoms with Gasteiger partial charge in [0.15, 0.2) is 0 Å². The molecular formula is C15H14F2N2OS. The van der Waals surface area contributed by atoms with Crippen molar-refractivity contribution in [2.75, 3.05) is 7.11 Å². The average molecular weight is 308 g/mol. The molecule has 0 amide bonds. The SMILES string of the molecule is COc1cc(CSc2ccc(F)cc2F)ccc1C(=N)N. The number of nitrogens with two attached hydrogens (primary N) is 1. The molecule has 6 heteroatoms. The summed E-state index contributed by atoms with van der Waals surface area (Å²) in [5.41, 5.74) is 6.86. The number of nitrogens with one attached hydrogen (secondary N) is 1. The van der Waals surface area contributed by atoms with Gasteiger partial charge in [-0.2, -0.15) is 0 Å². The van der Waals surface area contributed by atoms with E-state index in [2.05, 4.69) is 0 Å². The molecule has 3 N–H and O–H groups in total. The van der Waals surface area contributed by atoms with Crippen LogP contribution in [0.2, 0.25) is 0 Å². The number of methoxy groups -OCH3 is 1. The summed E-state index contributed by atoms with van der Waals surface area (Å²) in [6, 6.07) is 8.75. The highest BCUT2D eigenvalue weighted by molar-refractivity contribution is 7.98. The lowest BCUT2D eigenvalue weighted by atomic mass is 10.1. The number of ether oxygens (including phenoxy) is 1. The highest BCUT2D eigenvalue weighted by Crippen LogP contribution is 2.28. The van der Waals surface area contributed by atoms with Crippen LogP contribution in [0.5, 0.6) is 5.75 Å². The summed E-state index contributed by atoms with van der Waals surface area (Å²) in [7, 11) is 1.50. The first-order valence-corrected chi connectivity index (χ1v) is 7.09. The van der Waals surface area contributed by atoms with E-state index in [1.807, 2.05) is 0 Å². The standard InChI is InChI=1S/C15H14F2N2OS/c1-20-13-6-9(2-4-11(13)15(18)19)8-21-14-5-3-10(16)7-12(14)17/h2-7H,8H2,1H3,(H3,18,19). The molecule has 0 aliphatic rings. The molecule has 0 saturated heterocycles. The Morgan fingerprint density at radius 2 is 2.00 bits per heavy atom. The number of hydrogen-bond acceptors (Lipinski definition) is 3. The molecule has 0 radical (unpaired) electrons. The number of rotatable bonds is 5. The van der Waals surface area contributed by atoms with Gasteiger partial charge in [-0.25, -0.2) is 8.78 Å². The number of amidine groups is 1. The van der Waals surface area contributed by atoms with Crippen LogP contribution >= 0.6 is 11.8 Å². The second-order valence-corrected chi connectivity index (χ2v) is 5.33. The van der Waals surface area contributed by atoms with Crippen LogP contribution in [0.3, 0.4) is 0 Å². The first-order valence-electron chi connectivity index (χ1n) is 6.10. The number of halogens is 2. The number of thioether (sulfide) groups is 1. The Balaban J connectivity index is 2.15. The van der Waals surface area contributed by atoms with E-state index in [4.69, 9.17) is 15.9 Å². The zero-order valence-electron chi connectivity index (χ0n) is 11.3. The molecule has 0 bridgehead atoms. The highest BCUT2D eigenvalue weighted by atomic mass is 32.2. The lowest BCUT2D eigenvalue weighted by Gasteiger charge is -2.10. The average Bonchev–Trinajstić information content (AvgIpc) is 2.45. The minimum absolute atomic E-state index is 0.0735. The molecule has 2 rings (SSSR count). The first kappa shape index (κ1) is 15.3. The van der Waals surface area contributed by atoms with Crippen molar-refractivity contribution in [3.63, 3.8) is 0 Å². The maximum atomic E-state index is 13.5. The molecule has 2 aromatic carbocycles. The lowest BCUT2D eigenvalue weighted by Crippen LogP contribution is -2.12. The summed E-state index contributed by atoms with van der Waals surface area (Å²) in [5.74, 6) is -0.246. The van der Waals surface area contributed by atoms with Gasteiger partial charge in [0.1, 0.15) is 23.2 Å². The Labute approximate surface area is 125 Å². The van der Waals surface area contributed by atoms with E-state index < -0.39 is 11.6 Å². The Bertz CT molecular complexity index is 677. The monoisotopic (exact) mass is 308 g/mol. The second-order valence-electron chi connectivity index (χ2n) is 4.31. The summed E-state index contributed by atoms with van der Waals surface area (Å²) in [6.07, 6.45) is 0. The quantitative estimate of drug-likeness (QED) is 0.504. The van der Waals surface area contributed by atoms with Gasteiger partial charge in [-0.05, 0) is 29.8 Å². The van der Waals surface area contributed by atoms with E-state index in [1.165, 1.54) is 31.0 Å². The minimum atomic E-state index is -0.593. The van der Waals surface area contributed by atoms with Crippen molar-refractivity contribution in [2.24, 2.45) is 5.73 Å². The van der Waals surface area contributed by atoms with E-state index >= 15 is 0 Å². The van der Waals surface area contributed by atoms with Gasteiger partial charge in [-0.3, -0.25) is 5.41 Å². The fraction of sp³-hybridized carbons (Fsp3) is 0.133. The molecule has 0 heterocycles. The number of benzene rings is 2. The van der Waals surface area contributed by atoms with Crippen LogP contribution in [-0.2, 0) is 5.75 Å². The van der Waals surface area contributed by atoms with Crippen molar-refractivity contribution in [3.8, 4) is 5.75 Å². The maximum absolute atomic E-state index is 13.5. The third kappa shape index (κ3) is 3.72. The van der Waals surface area contributed by atoms with E-state index in [-0.39, 0.29) is 5.84 Å². The molecule has 0 aliphatic heterocycles. The van der Waals surface area contributed by atoms with Gasteiger partial charge in [0, 0.05) is 16.7 Å². The van der Waals surface area contributed by atoms with Gasteiger partial charge in [-0.1, -0.05) is 6.07 Å². The summed E-state index contributed by atoms with van der Waals surface area (Å²) in [4.78, 5) is 0.381. The fourth-order valence-electron chi connectivity index (χ4n) is 1.80. The predicted octanol–water partition coefficient (Wildman–Crippen LogP) is 3.55. The molecule has 0 fully saturated rings. The molecule has 2 aromatic rings. The fourth-order valence-corrected chi connectivity index (χ4v) is 2.66. The van der Waals surface area contributed by atoms with Gasteiger partial charge < -0.3 is 10.5 Å². The molecule has 3 nitrogen and oxygen atoms in total. The van der Waals surface area contributed by atoms with Crippen molar-refractivity contribution in [3.05, 3.63) is 59.2 Å². The van der Waals surface area contributed by atoms with Crippen LogP contribution in [-0.4, -0.2) is 12.9 Å². The largest absolute Gasteiger partial charge is 0.496 e. The third-order valence-electron chi connectivity index (χ3n) is 2.84.